The quantitative estimate of drug-likeness (QED) is 0.843. The van der Waals surface area contributed by atoms with E-state index in [9.17, 15) is 4.79 Å². The maximum Gasteiger partial charge on any atom is 0.231 e. The van der Waals surface area contributed by atoms with Crippen LogP contribution in [0.4, 0.5) is 5.69 Å². The fourth-order valence-electron chi connectivity index (χ4n) is 2.49. The first-order chi connectivity index (χ1) is 8.57. The number of carbonyl (C=O) groups is 1. The minimum atomic E-state index is -0.375. The van der Waals surface area contributed by atoms with Gasteiger partial charge in [0.1, 0.15) is 4.60 Å². The molecule has 1 heterocycles. The van der Waals surface area contributed by atoms with Gasteiger partial charge in [-0.05, 0) is 47.8 Å². The zero-order valence-corrected chi connectivity index (χ0v) is 12.1. The Kier molecular flexibility index (Phi) is 4.02. The Labute approximate surface area is 115 Å². The molecule has 98 valence electrons. The molecular weight excluding hydrogens is 294 g/mol. The predicted molar refractivity (Wildman–Crippen MR) is 75.3 cm³/mol. The maximum atomic E-state index is 12.4. The standard InChI is InChI=1S/C13H18BrN3O/c1-9-10(4-5-11(14)16-9)17-12(18)13(8-15)6-2-3-7-13/h4-5H,2-3,6-8,15H2,1H3,(H,17,18). The minimum Gasteiger partial charge on any atom is -0.329 e. The van der Waals surface area contributed by atoms with Crippen LogP contribution in [0.1, 0.15) is 31.4 Å². The number of aryl methyl sites for hydroxylation is 1. The summed E-state index contributed by atoms with van der Waals surface area (Å²) in [5, 5.41) is 2.97. The summed E-state index contributed by atoms with van der Waals surface area (Å²) in [5.74, 6) is 0.0368. The van der Waals surface area contributed by atoms with Gasteiger partial charge in [0.15, 0.2) is 0 Å². The smallest absolute Gasteiger partial charge is 0.231 e. The number of aromatic nitrogens is 1. The summed E-state index contributed by atoms with van der Waals surface area (Å²) < 4.78 is 0.771. The second-order valence-corrected chi connectivity index (χ2v) is 5.73. The highest BCUT2D eigenvalue weighted by Gasteiger charge is 2.39. The van der Waals surface area contributed by atoms with Gasteiger partial charge in [0.05, 0.1) is 16.8 Å². The van der Waals surface area contributed by atoms with Crippen molar-refractivity contribution in [3.05, 3.63) is 22.4 Å². The summed E-state index contributed by atoms with van der Waals surface area (Å²) in [6, 6.07) is 3.69. The lowest BCUT2D eigenvalue weighted by atomic mass is 9.85. The van der Waals surface area contributed by atoms with Crippen molar-refractivity contribution in [1.82, 2.24) is 4.98 Å². The number of pyridine rings is 1. The van der Waals surface area contributed by atoms with Gasteiger partial charge < -0.3 is 11.1 Å². The molecule has 0 saturated heterocycles. The zero-order valence-electron chi connectivity index (χ0n) is 10.5. The normalized spacial score (nSPS) is 17.7. The van der Waals surface area contributed by atoms with Gasteiger partial charge in [-0.25, -0.2) is 4.98 Å². The second kappa shape index (κ2) is 5.36. The molecule has 18 heavy (non-hydrogen) atoms. The van der Waals surface area contributed by atoms with Crippen LogP contribution in [0.15, 0.2) is 16.7 Å². The molecule has 3 N–H and O–H groups in total. The average Bonchev–Trinajstić information content (AvgIpc) is 2.82. The van der Waals surface area contributed by atoms with Gasteiger partial charge in [-0.3, -0.25) is 4.79 Å². The first-order valence-electron chi connectivity index (χ1n) is 6.22. The maximum absolute atomic E-state index is 12.4. The molecule has 0 aromatic carbocycles. The molecule has 1 aliphatic carbocycles. The van der Waals surface area contributed by atoms with Crippen LogP contribution < -0.4 is 11.1 Å². The fraction of sp³-hybridized carbons (Fsp3) is 0.538. The Hall–Kier alpha value is -0.940. The second-order valence-electron chi connectivity index (χ2n) is 4.91. The van der Waals surface area contributed by atoms with E-state index < -0.39 is 0 Å². The predicted octanol–water partition coefficient (Wildman–Crippen LogP) is 2.61. The Morgan fingerprint density at radius 2 is 2.17 bits per heavy atom. The van der Waals surface area contributed by atoms with Crippen molar-refractivity contribution >= 4 is 27.5 Å². The lowest BCUT2D eigenvalue weighted by Crippen LogP contribution is -2.40. The van der Waals surface area contributed by atoms with Gasteiger partial charge in [0.25, 0.3) is 0 Å². The Balaban J connectivity index is 2.15. The molecule has 5 heteroatoms. The van der Waals surface area contributed by atoms with Crippen molar-refractivity contribution in [2.75, 3.05) is 11.9 Å². The van der Waals surface area contributed by atoms with E-state index in [-0.39, 0.29) is 11.3 Å². The summed E-state index contributed by atoms with van der Waals surface area (Å²) in [6.07, 6.45) is 3.95. The van der Waals surface area contributed by atoms with Crippen LogP contribution in [0.5, 0.6) is 0 Å². The number of nitrogens with one attached hydrogen (secondary N) is 1. The van der Waals surface area contributed by atoms with Crippen molar-refractivity contribution in [3.63, 3.8) is 0 Å². The van der Waals surface area contributed by atoms with Crippen LogP contribution >= 0.6 is 15.9 Å². The molecule has 0 atom stereocenters. The van der Waals surface area contributed by atoms with Crippen molar-refractivity contribution in [2.24, 2.45) is 11.1 Å². The van der Waals surface area contributed by atoms with Gasteiger partial charge in [-0.1, -0.05) is 12.8 Å². The highest BCUT2D eigenvalue weighted by Crippen LogP contribution is 2.38. The van der Waals surface area contributed by atoms with Crippen LogP contribution in [0.3, 0.4) is 0 Å². The highest BCUT2D eigenvalue weighted by molar-refractivity contribution is 9.10. The van der Waals surface area contributed by atoms with E-state index in [0.29, 0.717) is 6.54 Å². The van der Waals surface area contributed by atoms with E-state index in [2.05, 4.69) is 26.2 Å². The van der Waals surface area contributed by atoms with E-state index >= 15 is 0 Å². The van der Waals surface area contributed by atoms with Crippen LogP contribution in [-0.4, -0.2) is 17.4 Å². The Bertz CT molecular complexity index is 456. The average molecular weight is 312 g/mol. The Morgan fingerprint density at radius 1 is 1.50 bits per heavy atom. The van der Waals surface area contributed by atoms with Gasteiger partial charge >= 0.3 is 0 Å². The van der Waals surface area contributed by atoms with E-state index in [4.69, 9.17) is 5.73 Å². The van der Waals surface area contributed by atoms with Gasteiger partial charge in [-0.15, -0.1) is 0 Å². The molecule has 1 saturated carbocycles. The number of anilines is 1. The van der Waals surface area contributed by atoms with Crippen molar-refractivity contribution < 1.29 is 4.79 Å². The van der Waals surface area contributed by atoms with E-state index in [1.54, 1.807) is 0 Å². The molecule has 1 aliphatic rings. The van der Waals surface area contributed by atoms with E-state index in [1.807, 2.05) is 19.1 Å². The van der Waals surface area contributed by atoms with Crippen LogP contribution in [0, 0.1) is 12.3 Å². The third-order valence-corrected chi connectivity index (χ3v) is 4.17. The number of carbonyl (C=O) groups excluding carboxylic acids is 1. The van der Waals surface area contributed by atoms with Crippen LogP contribution in [0.25, 0.3) is 0 Å². The first kappa shape index (κ1) is 13.5. The molecule has 1 amide bonds. The summed E-state index contributed by atoms with van der Waals surface area (Å²) in [6.45, 7) is 2.30. The topological polar surface area (TPSA) is 68.0 Å². The fourth-order valence-corrected chi connectivity index (χ4v) is 2.89. The minimum absolute atomic E-state index is 0.0368. The van der Waals surface area contributed by atoms with Gasteiger partial charge in [0.2, 0.25) is 5.91 Å². The van der Waals surface area contributed by atoms with Crippen LogP contribution in [0.2, 0.25) is 0 Å². The number of hydrogen-bond acceptors (Lipinski definition) is 3. The molecule has 1 aromatic rings. The lowest BCUT2D eigenvalue weighted by molar-refractivity contribution is -0.124. The van der Waals surface area contributed by atoms with Gasteiger partial charge in [-0.2, -0.15) is 0 Å². The molecule has 1 aromatic heterocycles. The largest absolute Gasteiger partial charge is 0.329 e. The molecule has 0 bridgehead atoms. The summed E-state index contributed by atoms with van der Waals surface area (Å²) in [5.41, 5.74) is 7.00. The number of nitrogens with two attached hydrogens (primary N) is 1. The number of halogens is 1. The summed E-state index contributed by atoms with van der Waals surface area (Å²) >= 11 is 3.31. The third-order valence-electron chi connectivity index (χ3n) is 3.73. The molecule has 4 nitrogen and oxygen atoms in total. The Morgan fingerprint density at radius 3 is 2.72 bits per heavy atom. The number of nitrogens with zero attached hydrogens (tertiary/aromatic N) is 1. The number of rotatable bonds is 3. The summed E-state index contributed by atoms with van der Waals surface area (Å²) in [4.78, 5) is 16.6. The molecule has 0 spiro atoms. The third kappa shape index (κ3) is 2.57. The monoisotopic (exact) mass is 311 g/mol. The van der Waals surface area contributed by atoms with Crippen molar-refractivity contribution in [2.45, 2.75) is 32.6 Å². The lowest BCUT2D eigenvalue weighted by Gasteiger charge is -2.26. The molecular formula is C13H18BrN3O. The number of hydrogen-bond donors (Lipinski definition) is 2. The molecule has 1 fully saturated rings. The number of amides is 1. The van der Waals surface area contributed by atoms with Gasteiger partial charge in [0, 0.05) is 6.54 Å². The van der Waals surface area contributed by atoms with E-state index in [0.717, 1.165) is 41.7 Å². The highest BCUT2D eigenvalue weighted by atomic mass is 79.9. The SMILES string of the molecule is Cc1nc(Br)ccc1NC(=O)C1(CN)CCCC1. The molecule has 0 radical (unpaired) electrons. The molecule has 2 rings (SSSR count). The zero-order chi connectivity index (χ0) is 13.2. The summed E-state index contributed by atoms with van der Waals surface area (Å²) in [7, 11) is 0. The van der Waals surface area contributed by atoms with Crippen LogP contribution in [-0.2, 0) is 4.79 Å². The van der Waals surface area contributed by atoms with Crippen molar-refractivity contribution in [3.8, 4) is 0 Å². The molecule has 0 unspecified atom stereocenters. The first-order valence-corrected chi connectivity index (χ1v) is 7.01. The van der Waals surface area contributed by atoms with Crippen molar-refractivity contribution in [1.29, 1.82) is 0 Å². The molecule has 0 aliphatic heterocycles. The van der Waals surface area contributed by atoms with E-state index in [1.165, 1.54) is 0 Å².